The molecule has 41 heavy (non-hydrogen) atoms. The normalized spacial score (nSPS) is 16.6. The standard InChI is InChI=1S/C34H30F3O3S/c1-24-21-30(41(28-11-5-3-6-12-28)29-13-7-4-8-14-29)22-25(2)32(24)39-23-31(38)40-33(19-9-10-20-33)26-15-17-27(18-16-26)34(35,36)37/h3-9,11-19,21-22H,10,20,23H2,1-2H3/q+1. The summed E-state index contributed by atoms with van der Waals surface area (Å²) in [6, 6.07) is 29.7. The lowest BCUT2D eigenvalue weighted by molar-refractivity contribution is -0.158. The third-order valence-electron chi connectivity index (χ3n) is 7.03. The number of halogens is 3. The van der Waals surface area contributed by atoms with Gasteiger partial charge in [0, 0.05) is 12.1 Å². The van der Waals surface area contributed by atoms with Crippen molar-refractivity contribution in [2.24, 2.45) is 0 Å². The molecule has 4 aromatic rings. The van der Waals surface area contributed by atoms with Crippen LogP contribution in [0, 0.1) is 13.8 Å². The van der Waals surface area contributed by atoms with E-state index in [2.05, 4.69) is 36.4 Å². The van der Waals surface area contributed by atoms with E-state index in [4.69, 9.17) is 9.47 Å². The summed E-state index contributed by atoms with van der Waals surface area (Å²) in [6.45, 7) is 3.59. The average Bonchev–Trinajstić information content (AvgIpc) is 3.43. The fourth-order valence-corrected chi connectivity index (χ4v) is 7.39. The third-order valence-corrected chi connectivity index (χ3v) is 9.22. The van der Waals surface area contributed by atoms with Crippen LogP contribution in [-0.2, 0) is 32.2 Å². The van der Waals surface area contributed by atoms with Crippen LogP contribution >= 0.6 is 0 Å². The van der Waals surface area contributed by atoms with Gasteiger partial charge in [-0.25, -0.2) is 4.79 Å². The lowest BCUT2D eigenvalue weighted by Gasteiger charge is -2.28. The minimum absolute atomic E-state index is 0.319. The Morgan fingerprint density at radius 2 is 1.39 bits per heavy atom. The number of hydrogen-bond donors (Lipinski definition) is 0. The number of ether oxygens (including phenoxy) is 2. The van der Waals surface area contributed by atoms with Crippen molar-refractivity contribution >= 4 is 16.9 Å². The molecule has 3 nitrogen and oxygen atoms in total. The zero-order valence-corrected chi connectivity index (χ0v) is 23.6. The lowest BCUT2D eigenvalue weighted by atomic mass is 9.92. The number of alkyl halides is 3. The molecule has 0 N–H and O–H groups in total. The molecule has 210 valence electrons. The first-order valence-corrected chi connectivity index (χ1v) is 14.5. The second-order valence-electron chi connectivity index (χ2n) is 9.99. The lowest BCUT2D eigenvalue weighted by Crippen LogP contribution is -2.31. The summed E-state index contributed by atoms with van der Waals surface area (Å²) in [4.78, 5) is 16.5. The maximum Gasteiger partial charge on any atom is 0.416 e. The first-order valence-electron chi connectivity index (χ1n) is 13.3. The maximum absolute atomic E-state index is 13.1. The molecule has 0 amide bonds. The first kappa shape index (κ1) is 28.6. The quantitative estimate of drug-likeness (QED) is 0.120. The molecule has 0 aromatic heterocycles. The predicted octanol–water partition coefficient (Wildman–Crippen LogP) is 8.59. The van der Waals surface area contributed by atoms with E-state index in [1.807, 2.05) is 56.3 Å². The molecule has 0 heterocycles. The Kier molecular flexibility index (Phi) is 8.27. The van der Waals surface area contributed by atoms with Gasteiger partial charge in [-0.1, -0.05) is 54.6 Å². The Labute approximate surface area is 241 Å². The highest BCUT2D eigenvalue weighted by atomic mass is 32.2. The van der Waals surface area contributed by atoms with Crippen LogP contribution in [0.25, 0.3) is 0 Å². The van der Waals surface area contributed by atoms with Gasteiger partial charge in [0.05, 0.1) is 16.5 Å². The summed E-state index contributed by atoms with van der Waals surface area (Å²) in [5, 5.41) is 0. The Morgan fingerprint density at radius 3 is 1.88 bits per heavy atom. The summed E-state index contributed by atoms with van der Waals surface area (Å²) in [5.74, 6) is 0.0218. The number of aryl methyl sites for hydroxylation is 2. The topological polar surface area (TPSA) is 35.5 Å². The summed E-state index contributed by atoms with van der Waals surface area (Å²) in [7, 11) is -0.319. The average molecular weight is 576 g/mol. The van der Waals surface area contributed by atoms with Gasteiger partial charge >= 0.3 is 12.1 Å². The molecule has 1 aliphatic carbocycles. The number of rotatable bonds is 8. The molecule has 1 atom stereocenters. The molecule has 1 aliphatic rings. The Hall–Kier alpha value is -3.97. The van der Waals surface area contributed by atoms with Crippen LogP contribution in [0.2, 0.25) is 0 Å². The molecule has 4 aromatic carbocycles. The van der Waals surface area contributed by atoms with E-state index in [9.17, 15) is 18.0 Å². The van der Waals surface area contributed by atoms with Crippen LogP contribution in [0.1, 0.15) is 35.1 Å². The van der Waals surface area contributed by atoms with Gasteiger partial charge in [0.25, 0.3) is 0 Å². The minimum atomic E-state index is -4.43. The molecular formula is C34H30F3O3S+. The number of carbonyl (C=O) groups excluding carboxylic acids is 1. The number of hydrogen-bond acceptors (Lipinski definition) is 3. The number of esters is 1. The second kappa shape index (κ2) is 11.9. The zero-order valence-electron chi connectivity index (χ0n) is 22.8. The van der Waals surface area contributed by atoms with Crippen molar-refractivity contribution < 1.29 is 27.4 Å². The molecular weight excluding hydrogens is 545 g/mol. The molecule has 0 fully saturated rings. The van der Waals surface area contributed by atoms with Crippen LogP contribution in [0.4, 0.5) is 13.2 Å². The van der Waals surface area contributed by atoms with Crippen LogP contribution in [0.3, 0.4) is 0 Å². The van der Waals surface area contributed by atoms with Crippen LogP contribution in [-0.4, -0.2) is 12.6 Å². The Balaban J connectivity index is 1.34. The highest BCUT2D eigenvalue weighted by Crippen LogP contribution is 2.40. The smallest absolute Gasteiger partial charge is 0.416 e. The van der Waals surface area contributed by atoms with E-state index >= 15 is 0 Å². The van der Waals surface area contributed by atoms with Crippen molar-refractivity contribution in [1.29, 1.82) is 0 Å². The van der Waals surface area contributed by atoms with Crippen molar-refractivity contribution in [3.8, 4) is 5.75 Å². The highest BCUT2D eigenvalue weighted by Gasteiger charge is 2.38. The monoisotopic (exact) mass is 575 g/mol. The number of benzene rings is 4. The predicted molar refractivity (Wildman–Crippen MR) is 154 cm³/mol. The van der Waals surface area contributed by atoms with Gasteiger partial charge in [0.15, 0.2) is 26.9 Å². The van der Waals surface area contributed by atoms with Crippen molar-refractivity contribution in [2.75, 3.05) is 6.61 Å². The summed E-state index contributed by atoms with van der Waals surface area (Å²) < 4.78 is 51.0. The van der Waals surface area contributed by atoms with E-state index in [-0.39, 0.29) is 17.5 Å². The number of allylic oxidation sites excluding steroid dienone is 1. The fourth-order valence-electron chi connectivity index (χ4n) is 5.12. The van der Waals surface area contributed by atoms with Crippen molar-refractivity contribution in [1.82, 2.24) is 0 Å². The van der Waals surface area contributed by atoms with Crippen molar-refractivity contribution in [3.05, 3.63) is 131 Å². The molecule has 1 unspecified atom stereocenters. The Bertz CT molecular complexity index is 1470. The largest absolute Gasteiger partial charge is 0.481 e. The number of carbonyl (C=O) groups is 1. The second-order valence-corrected chi connectivity index (χ2v) is 12.0. The van der Waals surface area contributed by atoms with Crippen LogP contribution < -0.4 is 4.74 Å². The van der Waals surface area contributed by atoms with Gasteiger partial charge in [0.1, 0.15) is 5.75 Å². The van der Waals surface area contributed by atoms with E-state index in [0.29, 0.717) is 24.2 Å². The molecule has 0 aliphatic heterocycles. The first-order chi connectivity index (χ1) is 19.7. The van der Waals surface area contributed by atoms with E-state index in [1.165, 1.54) is 21.9 Å². The van der Waals surface area contributed by atoms with Gasteiger partial charge < -0.3 is 9.47 Å². The molecule has 5 rings (SSSR count). The van der Waals surface area contributed by atoms with Gasteiger partial charge in [-0.05, 0) is 85.9 Å². The fraction of sp³-hybridized carbons (Fsp3) is 0.206. The van der Waals surface area contributed by atoms with Crippen molar-refractivity contribution in [2.45, 2.75) is 53.2 Å². The summed E-state index contributed by atoms with van der Waals surface area (Å²) in [5.41, 5.74) is 0.437. The Morgan fingerprint density at radius 1 is 0.829 bits per heavy atom. The molecule has 7 heteroatoms. The van der Waals surface area contributed by atoms with E-state index < -0.39 is 23.3 Å². The van der Waals surface area contributed by atoms with Gasteiger partial charge in [-0.2, -0.15) is 13.2 Å². The van der Waals surface area contributed by atoms with Crippen molar-refractivity contribution in [3.63, 3.8) is 0 Å². The van der Waals surface area contributed by atoms with Crippen LogP contribution in [0.5, 0.6) is 5.75 Å². The van der Waals surface area contributed by atoms with Crippen LogP contribution in [0.15, 0.2) is 124 Å². The molecule has 0 saturated carbocycles. The van der Waals surface area contributed by atoms with E-state index in [1.54, 1.807) is 6.08 Å². The SMILES string of the molecule is Cc1cc([S+](c2ccccc2)c2ccccc2)cc(C)c1OCC(=O)OC1(c2ccc(C(F)(F)F)cc2)C=CCC1. The van der Waals surface area contributed by atoms with Gasteiger partial charge in [-0.3, -0.25) is 0 Å². The minimum Gasteiger partial charge on any atom is -0.481 e. The zero-order chi connectivity index (χ0) is 29.0. The van der Waals surface area contributed by atoms with E-state index in [0.717, 1.165) is 28.2 Å². The maximum atomic E-state index is 13.1. The summed E-state index contributed by atoms with van der Waals surface area (Å²) in [6.07, 6.45) is 0.288. The molecule has 0 spiro atoms. The molecule has 0 radical (unpaired) electrons. The van der Waals surface area contributed by atoms with Gasteiger partial charge in [0.2, 0.25) is 0 Å². The summed E-state index contributed by atoms with van der Waals surface area (Å²) >= 11 is 0. The molecule has 0 bridgehead atoms. The highest BCUT2D eigenvalue weighted by molar-refractivity contribution is 7.97. The third kappa shape index (κ3) is 6.35. The molecule has 0 saturated heterocycles. The van der Waals surface area contributed by atoms with Gasteiger partial charge in [-0.15, -0.1) is 0 Å².